The second kappa shape index (κ2) is 9.75. The Kier molecular flexibility index (Phi) is 7.29. The largest absolute Gasteiger partial charge is 0.364 e. The quantitative estimate of drug-likeness (QED) is 0.391. The monoisotopic (exact) mass is 468 g/mol. The Morgan fingerprint density at radius 2 is 1.97 bits per heavy atom. The van der Waals surface area contributed by atoms with Gasteiger partial charge >= 0.3 is 5.69 Å². The minimum absolute atomic E-state index is 0.0841. The van der Waals surface area contributed by atoms with Crippen LogP contribution in [0.25, 0.3) is 0 Å². The minimum Gasteiger partial charge on any atom is -0.364 e. The maximum absolute atomic E-state index is 12.0. The van der Waals surface area contributed by atoms with Crippen molar-refractivity contribution in [1.82, 2.24) is 9.97 Å². The van der Waals surface area contributed by atoms with Crippen molar-refractivity contribution in [3.8, 4) is 0 Å². The van der Waals surface area contributed by atoms with Gasteiger partial charge in [0, 0.05) is 30.4 Å². The Bertz CT molecular complexity index is 1060. The molecule has 0 atom stereocenters. The van der Waals surface area contributed by atoms with Crippen LogP contribution in [0.4, 0.5) is 17.5 Å². The molecule has 1 saturated carbocycles. The van der Waals surface area contributed by atoms with Gasteiger partial charge in [-0.25, -0.2) is 13.4 Å². The Morgan fingerprint density at radius 3 is 2.61 bits per heavy atom. The molecule has 0 spiro atoms. The summed E-state index contributed by atoms with van der Waals surface area (Å²) in [5, 5.41) is 17.8. The van der Waals surface area contributed by atoms with E-state index in [9.17, 15) is 18.5 Å². The Labute approximate surface area is 185 Å². The highest BCUT2D eigenvalue weighted by molar-refractivity contribution is 7.90. The lowest BCUT2D eigenvalue weighted by molar-refractivity contribution is -0.384. The molecule has 2 aromatic rings. The molecule has 31 heavy (non-hydrogen) atoms. The summed E-state index contributed by atoms with van der Waals surface area (Å²) in [6, 6.07) is 4.71. The highest BCUT2D eigenvalue weighted by Crippen LogP contribution is 2.27. The number of nitro groups is 1. The number of rotatable bonds is 8. The van der Waals surface area contributed by atoms with Crippen molar-refractivity contribution in [3.63, 3.8) is 0 Å². The SMILES string of the molecule is CS(=O)(=O)c1ccc(Cl)cc1CNc1ncc([N+](=O)[O-])c(NCC2CCC(N)CC2)n1. The molecule has 0 amide bonds. The van der Waals surface area contributed by atoms with E-state index in [1.54, 1.807) is 6.07 Å². The third kappa shape index (κ3) is 6.25. The number of aromatic nitrogens is 2. The Hall–Kier alpha value is -2.50. The van der Waals surface area contributed by atoms with Gasteiger partial charge in [-0.3, -0.25) is 10.1 Å². The van der Waals surface area contributed by atoms with Gasteiger partial charge in [0.05, 0.1) is 9.82 Å². The van der Waals surface area contributed by atoms with Crippen LogP contribution in [0.2, 0.25) is 5.02 Å². The first-order valence-electron chi connectivity index (χ1n) is 9.86. The maximum Gasteiger partial charge on any atom is 0.329 e. The highest BCUT2D eigenvalue weighted by atomic mass is 35.5. The van der Waals surface area contributed by atoms with Gasteiger partial charge in [-0.2, -0.15) is 4.98 Å². The zero-order valence-corrected chi connectivity index (χ0v) is 18.6. The maximum atomic E-state index is 12.0. The molecular formula is C19H25ClN6O4S. The molecule has 1 aliphatic rings. The normalized spacial score (nSPS) is 19.1. The Morgan fingerprint density at radius 1 is 1.26 bits per heavy atom. The van der Waals surface area contributed by atoms with E-state index in [-0.39, 0.29) is 34.9 Å². The lowest BCUT2D eigenvalue weighted by atomic mass is 9.86. The van der Waals surface area contributed by atoms with E-state index in [2.05, 4.69) is 20.6 Å². The summed E-state index contributed by atoms with van der Waals surface area (Å²) in [5.74, 6) is 0.625. The Balaban J connectivity index is 1.75. The summed E-state index contributed by atoms with van der Waals surface area (Å²) < 4.78 is 24.0. The van der Waals surface area contributed by atoms with Crippen molar-refractivity contribution in [2.75, 3.05) is 23.4 Å². The molecule has 0 saturated heterocycles. The highest BCUT2D eigenvalue weighted by Gasteiger charge is 2.22. The molecule has 1 fully saturated rings. The van der Waals surface area contributed by atoms with Crippen molar-refractivity contribution in [1.29, 1.82) is 0 Å². The van der Waals surface area contributed by atoms with Crippen LogP contribution >= 0.6 is 11.6 Å². The standard InChI is InChI=1S/C19H25ClN6O4S/c1-31(29,30)17-7-4-14(20)8-13(17)10-23-19-24-11-16(26(27)28)18(25-19)22-9-12-2-5-15(21)6-3-12/h4,7-8,11-12,15H,2-3,5-6,9-10,21H2,1H3,(H2,22,23,24,25). The summed E-state index contributed by atoms with van der Waals surface area (Å²) in [7, 11) is -3.46. The number of anilines is 2. The first-order valence-corrected chi connectivity index (χ1v) is 12.1. The summed E-state index contributed by atoms with van der Waals surface area (Å²) in [5.41, 5.74) is 6.16. The van der Waals surface area contributed by atoms with Crippen LogP contribution < -0.4 is 16.4 Å². The summed E-state index contributed by atoms with van der Waals surface area (Å²) in [6.45, 7) is 0.636. The van der Waals surface area contributed by atoms with Gasteiger partial charge in [0.1, 0.15) is 6.20 Å². The second-order valence-electron chi connectivity index (χ2n) is 7.72. The fraction of sp³-hybridized carbons (Fsp3) is 0.474. The van der Waals surface area contributed by atoms with Gasteiger partial charge in [-0.05, 0) is 55.4 Å². The van der Waals surface area contributed by atoms with E-state index in [1.807, 2.05) is 0 Å². The van der Waals surface area contributed by atoms with E-state index < -0.39 is 14.8 Å². The van der Waals surface area contributed by atoms with Gasteiger partial charge in [0.15, 0.2) is 9.84 Å². The molecule has 0 unspecified atom stereocenters. The first-order chi connectivity index (χ1) is 14.6. The zero-order valence-electron chi connectivity index (χ0n) is 17.0. The number of nitrogens with two attached hydrogens (primary N) is 1. The van der Waals surface area contributed by atoms with Crippen LogP contribution in [0, 0.1) is 16.0 Å². The van der Waals surface area contributed by atoms with Crippen molar-refractivity contribution in [2.24, 2.45) is 11.7 Å². The van der Waals surface area contributed by atoms with E-state index >= 15 is 0 Å². The molecule has 1 heterocycles. The van der Waals surface area contributed by atoms with Gasteiger partial charge in [-0.1, -0.05) is 11.6 Å². The van der Waals surface area contributed by atoms with E-state index in [1.165, 1.54) is 12.1 Å². The molecule has 0 aliphatic heterocycles. The summed E-state index contributed by atoms with van der Waals surface area (Å²) in [4.78, 5) is 19.2. The van der Waals surface area contributed by atoms with Crippen LogP contribution in [0.1, 0.15) is 31.2 Å². The number of sulfone groups is 1. The molecule has 4 N–H and O–H groups in total. The molecule has 3 rings (SSSR count). The number of benzene rings is 1. The van der Waals surface area contributed by atoms with Crippen LogP contribution in [0.3, 0.4) is 0 Å². The average Bonchev–Trinajstić information content (AvgIpc) is 2.71. The van der Waals surface area contributed by atoms with Gasteiger partial charge in [0.25, 0.3) is 0 Å². The minimum atomic E-state index is -3.46. The smallest absolute Gasteiger partial charge is 0.329 e. The molecule has 1 aliphatic carbocycles. The molecular weight excluding hydrogens is 444 g/mol. The molecule has 0 radical (unpaired) electrons. The average molecular weight is 469 g/mol. The number of nitrogens with zero attached hydrogens (tertiary/aromatic N) is 3. The van der Waals surface area contributed by atoms with E-state index in [0.29, 0.717) is 23.0 Å². The molecule has 1 aromatic carbocycles. The lowest BCUT2D eigenvalue weighted by Crippen LogP contribution is -2.29. The number of hydrogen-bond donors (Lipinski definition) is 3. The predicted octanol–water partition coefficient (Wildman–Crippen LogP) is 2.98. The number of halogens is 1. The molecule has 168 valence electrons. The van der Waals surface area contributed by atoms with E-state index in [4.69, 9.17) is 17.3 Å². The lowest BCUT2D eigenvalue weighted by Gasteiger charge is -2.26. The molecule has 12 heteroatoms. The molecule has 0 bridgehead atoms. The van der Waals surface area contributed by atoms with Crippen molar-refractivity contribution in [3.05, 3.63) is 45.1 Å². The van der Waals surface area contributed by atoms with Crippen LogP contribution in [0.5, 0.6) is 0 Å². The van der Waals surface area contributed by atoms with Crippen molar-refractivity contribution < 1.29 is 13.3 Å². The van der Waals surface area contributed by atoms with Crippen LogP contribution in [-0.2, 0) is 16.4 Å². The van der Waals surface area contributed by atoms with Crippen LogP contribution in [-0.4, -0.2) is 42.2 Å². The number of hydrogen-bond acceptors (Lipinski definition) is 9. The third-order valence-electron chi connectivity index (χ3n) is 5.27. The summed E-state index contributed by atoms with van der Waals surface area (Å²) >= 11 is 6.01. The summed E-state index contributed by atoms with van der Waals surface area (Å²) in [6.07, 6.45) is 6.04. The zero-order chi connectivity index (χ0) is 22.6. The third-order valence-corrected chi connectivity index (χ3v) is 6.71. The second-order valence-corrected chi connectivity index (χ2v) is 10.1. The van der Waals surface area contributed by atoms with Crippen molar-refractivity contribution >= 4 is 38.9 Å². The van der Waals surface area contributed by atoms with Gasteiger partial charge in [0.2, 0.25) is 11.8 Å². The fourth-order valence-electron chi connectivity index (χ4n) is 3.58. The van der Waals surface area contributed by atoms with Crippen LogP contribution in [0.15, 0.2) is 29.3 Å². The predicted molar refractivity (Wildman–Crippen MR) is 119 cm³/mol. The van der Waals surface area contributed by atoms with Gasteiger partial charge < -0.3 is 16.4 Å². The fourth-order valence-corrected chi connectivity index (χ4v) is 4.70. The van der Waals surface area contributed by atoms with Gasteiger partial charge in [-0.15, -0.1) is 0 Å². The first kappa shape index (κ1) is 23.2. The number of nitrogens with one attached hydrogen (secondary N) is 2. The molecule has 1 aromatic heterocycles. The van der Waals surface area contributed by atoms with Crippen molar-refractivity contribution in [2.45, 2.75) is 43.2 Å². The molecule has 10 nitrogen and oxygen atoms in total. The topological polar surface area (TPSA) is 153 Å². The van der Waals surface area contributed by atoms with E-state index in [0.717, 1.165) is 38.1 Å².